The molecular formula is C12H25NO5. The number of rotatable bonds is 3. The van der Waals surface area contributed by atoms with Crippen LogP contribution >= 0.6 is 0 Å². The highest BCUT2D eigenvalue weighted by Crippen LogP contribution is 2.11. The van der Waals surface area contributed by atoms with Crippen molar-refractivity contribution in [1.82, 2.24) is 5.32 Å². The molecule has 0 unspecified atom stereocenters. The minimum atomic E-state index is -0.832. The van der Waals surface area contributed by atoms with E-state index in [1.807, 2.05) is 20.8 Å². The van der Waals surface area contributed by atoms with Gasteiger partial charge in [-0.25, -0.2) is 4.79 Å². The van der Waals surface area contributed by atoms with E-state index in [9.17, 15) is 9.59 Å². The Morgan fingerprint density at radius 2 is 1.61 bits per heavy atom. The highest BCUT2D eigenvalue weighted by atomic mass is 16.6. The molecule has 0 aromatic rings. The molecule has 0 rings (SSSR count). The molecule has 0 atom stereocenters. The van der Waals surface area contributed by atoms with Crippen LogP contribution in [0.25, 0.3) is 0 Å². The number of hydrogen-bond acceptors (Lipinski definition) is 4. The van der Waals surface area contributed by atoms with Crippen LogP contribution in [0.3, 0.4) is 0 Å². The van der Waals surface area contributed by atoms with Gasteiger partial charge in [0.05, 0.1) is 12.0 Å². The molecule has 0 bridgehead atoms. The maximum atomic E-state index is 10.5. The van der Waals surface area contributed by atoms with E-state index in [4.69, 9.17) is 14.6 Å². The lowest BCUT2D eigenvalue weighted by Crippen LogP contribution is -2.30. The number of amides is 1. The van der Waals surface area contributed by atoms with Gasteiger partial charge in [-0.1, -0.05) is 0 Å². The maximum absolute atomic E-state index is 10.5. The lowest BCUT2D eigenvalue weighted by molar-refractivity contribution is -0.142. The van der Waals surface area contributed by atoms with E-state index in [-0.39, 0.29) is 18.1 Å². The van der Waals surface area contributed by atoms with Crippen LogP contribution < -0.4 is 5.32 Å². The Kier molecular flexibility index (Phi) is 8.38. The van der Waals surface area contributed by atoms with Crippen LogP contribution in [0.4, 0.5) is 4.79 Å². The number of carbonyl (C=O) groups is 2. The summed E-state index contributed by atoms with van der Waals surface area (Å²) in [6, 6.07) is 0. The maximum Gasteiger partial charge on any atom is 0.407 e. The summed E-state index contributed by atoms with van der Waals surface area (Å²) in [5.41, 5.74) is -0.925. The van der Waals surface area contributed by atoms with Crippen molar-refractivity contribution in [2.45, 2.75) is 52.2 Å². The summed E-state index contributed by atoms with van der Waals surface area (Å²) in [6.07, 6.45) is -0.341. The predicted octanol–water partition coefficient (Wildman–Crippen LogP) is 2.03. The first kappa shape index (κ1) is 19.0. The zero-order chi connectivity index (χ0) is 15.0. The first-order valence-corrected chi connectivity index (χ1v) is 5.61. The minimum absolute atomic E-state index is 0.0451. The molecule has 2 N–H and O–H groups in total. The molecule has 6 heteroatoms. The third kappa shape index (κ3) is 14.7. The van der Waals surface area contributed by atoms with E-state index >= 15 is 0 Å². The summed E-state index contributed by atoms with van der Waals surface area (Å²) in [5.74, 6) is -0.832. The van der Waals surface area contributed by atoms with Gasteiger partial charge in [0.2, 0.25) is 0 Å². The van der Waals surface area contributed by atoms with Crippen LogP contribution in [-0.4, -0.2) is 42.5 Å². The van der Waals surface area contributed by atoms with E-state index in [2.05, 4.69) is 5.32 Å². The number of hydrogen-bond donors (Lipinski definition) is 2. The van der Waals surface area contributed by atoms with Gasteiger partial charge in [-0.2, -0.15) is 0 Å². The normalized spacial score (nSPS) is 11.1. The highest BCUT2D eigenvalue weighted by molar-refractivity contribution is 5.68. The second-order valence-electron chi connectivity index (χ2n) is 5.29. The summed E-state index contributed by atoms with van der Waals surface area (Å²) in [6.45, 7) is 8.94. The molecule has 0 fully saturated rings. The Hall–Kier alpha value is -1.30. The van der Waals surface area contributed by atoms with Crippen molar-refractivity contribution < 1.29 is 24.2 Å². The fourth-order valence-corrected chi connectivity index (χ4v) is 0.765. The smallest absolute Gasteiger partial charge is 0.407 e. The first-order valence-electron chi connectivity index (χ1n) is 5.61. The molecule has 6 nitrogen and oxygen atoms in total. The lowest BCUT2D eigenvalue weighted by atomic mass is 10.1. The standard InChI is InChI=1S/C6H13NO2.C6H12O3/c1-6(2,3)9-5(8)7-4;1-6(2,9-3)4-5(7)8/h1-4H3,(H,7,8);4H2,1-3H3,(H,7,8). The number of methoxy groups -OCH3 is 1. The van der Waals surface area contributed by atoms with Crippen molar-refractivity contribution in [1.29, 1.82) is 0 Å². The van der Waals surface area contributed by atoms with E-state index < -0.39 is 11.6 Å². The van der Waals surface area contributed by atoms with Gasteiger partial charge in [0.25, 0.3) is 0 Å². The zero-order valence-corrected chi connectivity index (χ0v) is 12.3. The summed E-state index contributed by atoms with van der Waals surface area (Å²) in [7, 11) is 3.04. The third-order valence-corrected chi connectivity index (χ3v) is 1.73. The molecular weight excluding hydrogens is 238 g/mol. The Morgan fingerprint density at radius 3 is 1.72 bits per heavy atom. The van der Waals surface area contributed by atoms with Crippen LogP contribution in [0.2, 0.25) is 0 Å². The zero-order valence-electron chi connectivity index (χ0n) is 12.3. The Labute approximate surface area is 109 Å². The van der Waals surface area contributed by atoms with Gasteiger partial charge in [-0.3, -0.25) is 4.79 Å². The number of ether oxygens (including phenoxy) is 2. The molecule has 0 aromatic carbocycles. The average Bonchev–Trinajstić information content (AvgIpc) is 2.14. The van der Waals surface area contributed by atoms with Crippen LogP contribution in [-0.2, 0) is 14.3 Å². The monoisotopic (exact) mass is 263 g/mol. The Morgan fingerprint density at radius 1 is 1.17 bits per heavy atom. The molecule has 0 saturated carbocycles. The molecule has 18 heavy (non-hydrogen) atoms. The van der Waals surface area contributed by atoms with Gasteiger partial charge in [0.15, 0.2) is 0 Å². The predicted molar refractivity (Wildman–Crippen MR) is 68.6 cm³/mol. The van der Waals surface area contributed by atoms with E-state index in [1.54, 1.807) is 13.8 Å². The van der Waals surface area contributed by atoms with Gasteiger partial charge in [0.1, 0.15) is 5.60 Å². The van der Waals surface area contributed by atoms with Gasteiger partial charge >= 0.3 is 12.1 Å². The van der Waals surface area contributed by atoms with E-state index in [0.717, 1.165) is 0 Å². The summed E-state index contributed by atoms with van der Waals surface area (Å²) >= 11 is 0. The van der Waals surface area contributed by atoms with Crippen molar-refractivity contribution in [2.24, 2.45) is 0 Å². The Bertz CT molecular complexity index is 268. The van der Waals surface area contributed by atoms with Gasteiger partial charge in [-0.15, -0.1) is 0 Å². The number of aliphatic carboxylic acids is 1. The largest absolute Gasteiger partial charge is 0.481 e. The molecule has 0 heterocycles. The van der Waals surface area contributed by atoms with Crippen molar-refractivity contribution >= 4 is 12.1 Å². The molecule has 0 aromatic heterocycles. The fourth-order valence-electron chi connectivity index (χ4n) is 0.765. The van der Waals surface area contributed by atoms with Gasteiger partial charge in [-0.05, 0) is 34.6 Å². The average molecular weight is 263 g/mol. The minimum Gasteiger partial charge on any atom is -0.481 e. The fraction of sp³-hybridized carbons (Fsp3) is 0.833. The molecule has 0 saturated heterocycles. The van der Waals surface area contributed by atoms with Crippen molar-refractivity contribution in [3.8, 4) is 0 Å². The van der Waals surface area contributed by atoms with Crippen LogP contribution in [0.5, 0.6) is 0 Å². The number of carboxylic acids is 1. The summed E-state index contributed by atoms with van der Waals surface area (Å²) < 4.78 is 9.70. The van der Waals surface area contributed by atoms with Crippen molar-refractivity contribution in [3.63, 3.8) is 0 Å². The molecule has 0 aliphatic carbocycles. The van der Waals surface area contributed by atoms with Crippen LogP contribution in [0.1, 0.15) is 41.0 Å². The molecule has 0 aliphatic heterocycles. The lowest BCUT2D eigenvalue weighted by Gasteiger charge is -2.19. The second kappa shape index (κ2) is 7.92. The van der Waals surface area contributed by atoms with E-state index in [0.29, 0.717) is 0 Å². The first-order chi connectivity index (χ1) is 7.93. The summed E-state index contributed by atoms with van der Waals surface area (Å²) in [4.78, 5) is 20.6. The highest BCUT2D eigenvalue weighted by Gasteiger charge is 2.19. The molecule has 0 radical (unpaired) electrons. The van der Waals surface area contributed by atoms with Crippen LogP contribution in [0.15, 0.2) is 0 Å². The Balaban J connectivity index is 0. The topological polar surface area (TPSA) is 84.9 Å². The van der Waals surface area contributed by atoms with Gasteiger partial charge < -0.3 is 19.9 Å². The van der Waals surface area contributed by atoms with Crippen LogP contribution in [0, 0.1) is 0 Å². The molecule has 1 amide bonds. The summed E-state index contributed by atoms with van der Waals surface area (Å²) in [5, 5.41) is 10.7. The quantitative estimate of drug-likeness (QED) is 0.813. The number of nitrogens with one attached hydrogen (secondary N) is 1. The molecule has 0 spiro atoms. The second-order valence-corrected chi connectivity index (χ2v) is 5.29. The number of carboxylic acid groups (broad SMARTS) is 1. The molecule has 0 aliphatic rings. The molecule has 108 valence electrons. The van der Waals surface area contributed by atoms with Crippen molar-refractivity contribution in [2.75, 3.05) is 14.2 Å². The van der Waals surface area contributed by atoms with Crippen molar-refractivity contribution in [3.05, 3.63) is 0 Å². The van der Waals surface area contributed by atoms with Gasteiger partial charge in [0, 0.05) is 14.2 Å². The third-order valence-electron chi connectivity index (χ3n) is 1.73. The number of carbonyl (C=O) groups excluding carboxylic acids is 1. The number of alkyl carbamates (subject to hydrolysis) is 1. The van der Waals surface area contributed by atoms with E-state index in [1.165, 1.54) is 14.2 Å². The SMILES string of the molecule is CNC(=O)OC(C)(C)C.COC(C)(C)CC(=O)O.